The van der Waals surface area contributed by atoms with Gasteiger partial charge in [0.15, 0.2) is 0 Å². The van der Waals surface area contributed by atoms with E-state index in [1.807, 2.05) is 30.3 Å². The van der Waals surface area contributed by atoms with Crippen molar-refractivity contribution in [2.75, 3.05) is 11.9 Å². The van der Waals surface area contributed by atoms with Gasteiger partial charge in [-0.2, -0.15) is 0 Å². The smallest absolute Gasteiger partial charge is 0.202 e. The molecular weight excluding hydrogens is 379 g/mol. The van der Waals surface area contributed by atoms with Gasteiger partial charge in [-0.25, -0.2) is 0 Å². The van der Waals surface area contributed by atoms with Crippen molar-refractivity contribution in [3.05, 3.63) is 58.1 Å². The summed E-state index contributed by atoms with van der Waals surface area (Å²) in [7, 11) is 2.29. The van der Waals surface area contributed by atoms with E-state index in [4.69, 9.17) is 27.9 Å². The van der Waals surface area contributed by atoms with Crippen molar-refractivity contribution in [2.24, 2.45) is 0 Å². The molecule has 3 atom stereocenters. The van der Waals surface area contributed by atoms with E-state index in [1.165, 1.54) is 19.3 Å². The summed E-state index contributed by atoms with van der Waals surface area (Å²) in [6, 6.07) is 15.7. The Kier molecular flexibility index (Phi) is 4.50. The molecule has 0 amide bonds. The Morgan fingerprint density at radius 3 is 2.26 bits per heavy atom. The number of rotatable bonds is 2. The van der Waals surface area contributed by atoms with Crippen molar-refractivity contribution in [3.8, 4) is 5.75 Å². The molecule has 3 unspecified atom stereocenters. The number of hydrogen-bond acceptors (Lipinski definition) is 3. The van der Waals surface area contributed by atoms with E-state index < -0.39 is 0 Å². The van der Waals surface area contributed by atoms with Crippen molar-refractivity contribution in [1.82, 2.24) is 4.90 Å². The van der Waals surface area contributed by atoms with E-state index in [-0.39, 0.29) is 6.23 Å². The van der Waals surface area contributed by atoms with E-state index in [9.17, 15) is 0 Å². The summed E-state index contributed by atoms with van der Waals surface area (Å²) >= 11 is 13.2. The second-order valence-electron chi connectivity index (χ2n) is 8.01. The van der Waals surface area contributed by atoms with Gasteiger partial charge in [0, 0.05) is 18.1 Å². The number of ether oxygens (including phenoxy) is 1. The lowest BCUT2D eigenvalue weighted by Gasteiger charge is -2.50. The molecule has 3 heterocycles. The quantitative estimate of drug-likeness (QED) is 0.620. The Balaban J connectivity index is 1.56. The average molecular weight is 403 g/mol. The average Bonchev–Trinajstić information content (AvgIpc) is 3.00. The summed E-state index contributed by atoms with van der Waals surface area (Å²) in [6.07, 6.45) is 5.97. The fourth-order valence-electron chi connectivity index (χ4n) is 5.22. The van der Waals surface area contributed by atoms with Crippen LogP contribution in [0.5, 0.6) is 5.75 Å². The van der Waals surface area contributed by atoms with E-state index in [0.29, 0.717) is 28.2 Å². The largest absolute Gasteiger partial charge is 0.464 e. The van der Waals surface area contributed by atoms with Crippen LogP contribution in [0.15, 0.2) is 42.5 Å². The molecular formula is C22H24Cl2N2O. The van der Waals surface area contributed by atoms with Gasteiger partial charge in [-0.05, 0) is 57.0 Å². The summed E-state index contributed by atoms with van der Waals surface area (Å²) in [5, 5.41) is 1.33. The van der Waals surface area contributed by atoms with Gasteiger partial charge in [-0.3, -0.25) is 0 Å². The van der Waals surface area contributed by atoms with E-state index in [0.717, 1.165) is 29.8 Å². The summed E-state index contributed by atoms with van der Waals surface area (Å²) in [5.41, 5.74) is 2.03. The number of benzene rings is 2. The van der Waals surface area contributed by atoms with Crippen LogP contribution in [0.2, 0.25) is 10.0 Å². The SMILES string of the molecule is CN1C2CCCC1CC(N1c3ccccc3OC1c1c(Cl)cccc1Cl)C2. The summed E-state index contributed by atoms with van der Waals surface area (Å²) in [6.45, 7) is 0. The highest BCUT2D eigenvalue weighted by molar-refractivity contribution is 6.36. The zero-order valence-electron chi connectivity index (χ0n) is 15.4. The van der Waals surface area contributed by atoms with Crippen LogP contribution in [0.25, 0.3) is 0 Å². The van der Waals surface area contributed by atoms with Crippen molar-refractivity contribution in [3.63, 3.8) is 0 Å². The Hall–Kier alpha value is -1.42. The van der Waals surface area contributed by atoms with Gasteiger partial charge in [0.1, 0.15) is 5.75 Å². The Morgan fingerprint density at radius 2 is 1.56 bits per heavy atom. The second kappa shape index (κ2) is 6.88. The highest BCUT2D eigenvalue weighted by atomic mass is 35.5. The number of hydrogen-bond donors (Lipinski definition) is 0. The lowest BCUT2D eigenvalue weighted by Crippen LogP contribution is -2.55. The molecule has 27 heavy (non-hydrogen) atoms. The molecule has 2 aromatic rings. The first-order valence-corrected chi connectivity index (χ1v) is 10.6. The molecule has 2 bridgehead atoms. The van der Waals surface area contributed by atoms with Crippen molar-refractivity contribution in [1.29, 1.82) is 0 Å². The number of para-hydroxylation sites is 2. The van der Waals surface area contributed by atoms with Gasteiger partial charge < -0.3 is 14.5 Å². The molecule has 0 saturated carbocycles. The highest BCUT2D eigenvalue weighted by Gasteiger charge is 2.44. The zero-order chi connectivity index (χ0) is 18.5. The van der Waals surface area contributed by atoms with Crippen LogP contribution in [-0.4, -0.2) is 30.1 Å². The van der Waals surface area contributed by atoms with Gasteiger partial charge in [0.05, 0.1) is 21.3 Å². The normalized spacial score (nSPS) is 30.1. The number of anilines is 1. The molecule has 3 aliphatic rings. The molecule has 2 saturated heterocycles. The number of piperidine rings is 2. The third kappa shape index (κ3) is 2.91. The zero-order valence-corrected chi connectivity index (χ0v) is 17.0. The molecule has 3 aliphatic heterocycles. The van der Waals surface area contributed by atoms with E-state index in [2.05, 4.69) is 29.0 Å². The van der Waals surface area contributed by atoms with Gasteiger partial charge in [0.25, 0.3) is 0 Å². The van der Waals surface area contributed by atoms with Crippen LogP contribution in [0, 0.1) is 0 Å². The third-order valence-corrected chi connectivity index (χ3v) is 7.25. The molecule has 142 valence electrons. The molecule has 2 fully saturated rings. The van der Waals surface area contributed by atoms with Gasteiger partial charge >= 0.3 is 0 Å². The number of halogens is 2. The number of fused-ring (bicyclic) bond motifs is 3. The van der Waals surface area contributed by atoms with E-state index in [1.54, 1.807) is 0 Å². The van der Waals surface area contributed by atoms with Crippen molar-refractivity contribution in [2.45, 2.75) is 56.5 Å². The number of nitrogens with zero attached hydrogens (tertiary/aromatic N) is 2. The Morgan fingerprint density at radius 1 is 0.889 bits per heavy atom. The van der Waals surface area contributed by atoms with Crippen molar-refractivity contribution >= 4 is 28.9 Å². The van der Waals surface area contributed by atoms with Crippen LogP contribution in [0.4, 0.5) is 5.69 Å². The summed E-state index contributed by atoms with van der Waals surface area (Å²) < 4.78 is 6.41. The third-order valence-electron chi connectivity index (χ3n) is 6.59. The molecule has 0 aliphatic carbocycles. The standard InChI is InChI=1S/C22H24Cl2N2O/c1-25-14-6-4-7-15(25)13-16(12-14)26-19-10-2-3-11-20(19)27-22(26)21-17(23)8-5-9-18(21)24/h2-3,5,8-11,14-16,22H,4,6-7,12-13H2,1H3. The van der Waals surface area contributed by atoms with Gasteiger partial charge in [-0.1, -0.05) is 47.8 Å². The molecule has 5 rings (SSSR count). The van der Waals surface area contributed by atoms with Gasteiger partial charge in [-0.15, -0.1) is 0 Å². The minimum absolute atomic E-state index is 0.266. The Bertz CT molecular complexity index is 824. The minimum atomic E-state index is -0.266. The van der Waals surface area contributed by atoms with Crippen LogP contribution >= 0.6 is 23.2 Å². The first-order valence-electron chi connectivity index (χ1n) is 9.83. The molecule has 0 radical (unpaired) electrons. The monoisotopic (exact) mass is 402 g/mol. The molecule has 2 aromatic carbocycles. The molecule has 5 heteroatoms. The molecule has 0 N–H and O–H groups in total. The molecule has 3 nitrogen and oxygen atoms in total. The van der Waals surface area contributed by atoms with Crippen LogP contribution in [-0.2, 0) is 0 Å². The molecule has 0 spiro atoms. The predicted molar refractivity (Wildman–Crippen MR) is 111 cm³/mol. The summed E-state index contributed by atoms with van der Waals surface area (Å²) in [5.74, 6) is 0.919. The Labute approximate surface area is 170 Å². The fourth-order valence-corrected chi connectivity index (χ4v) is 5.80. The first kappa shape index (κ1) is 17.7. The minimum Gasteiger partial charge on any atom is -0.464 e. The lowest BCUT2D eigenvalue weighted by atomic mass is 9.81. The lowest BCUT2D eigenvalue weighted by molar-refractivity contribution is 0.0482. The topological polar surface area (TPSA) is 15.7 Å². The van der Waals surface area contributed by atoms with Crippen molar-refractivity contribution < 1.29 is 4.74 Å². The maximum atomic E-state index is 6.58. The maximum absolute atomic E-state index is 6.58. The van der Waals surface area contributed by atoms with E-state index >= 15 is 0 Å². The fraction of sp³-hybridized carbons (Fsp3) is 0.455. The van der Waals surface area contributed by atoms with Gasteiger partial charge in [0.2, 0.25) is 6.23 Å². The predicted octanol–water partition coefficient (Wildman–Crippen LogP) is 5.91. The molecule has 0 aromatic heterocycles. The second-order valence-corrected chi connectivity index (χ2v) is 8.82. The highest BCUT2D eigenvalue weighted by Crippen LogP contribution is 2.50. The van der Waals surface area contributed by atoms with Crippen LogP contribution < -0.4 is 9.64 Å². The van der Waals surface area contributed by atoms with Crippen LogP contribution in [0.3, 0.4) is 0 Å². The van der Waals surface area contributed by atoms with Crippen LogP contribution in [0.1, 0.15) is 43.9 Å². The summed E-state index contributed by atoms with van der Waals surface area (Å²) in [4.78, 5) is 5.04. The first-order chi connectivity index (χ1) is 13.1. The maximum Gasteiger partial charge on any atom is 0.202 e.